The first-order chi connectivity index (χ1) is 1.41. The van der Waals surface area contributed by atoms with Crippen molar-refractivity contribution in [2.75, 3.05) is 0 Å². The maximum atomic E-state index is 3.24. The molecule has 0 N–H and O–H groups in total. The predicted octanol–water partition coefficient (Wildman–Crippen LogP) is 0.990. The van der Waals surface area contributed by atoms with E-state index in [2.05, 4.69) is 12.7 Å². The quantitative estimate of drug-likeness (QED) is 0.385. The fourth-order valence-corrected chi connectivity index (χ4v) is 0. The van der Waals surface area contributed by atoms with Gasteiger partial charge in [-0.1, -0.05) is 0 Å². The van der Waals surface area contributed by atoms with Gasteiger partial charge in [0.2, 0.25) is 0 Å². The van der Waals surface area contributed by atoms with Crippen LogP contribution < -0.4 is 0 Å². The van der Waals surface area contributed by atoms with E-state index in [-0.39, 0.29) is 47.9 Å². The fourth-order valence-electron chi connectivity index (χ4n) is 0. The number of hydrogen-bond donors (Lipinski definition) is 0. The van der Waals surface area contributed by atoms with Crippen LogP contribution in [0.4, 0.5) is 0 Å². The van der Waals surface area contributed by atoms with Gasteiger partial charge in [0.25, 0.3) is 0 Å². The summed E-state index contributed by atoms with van der Waals surface area (Å²) in [6.07, 6.45) is 2.50. The van der Waals surface area contributed by atoms with E-state index in [4.69, 9.17) is 0 Å². The summed E-state index contributed by atoms with van der Waals surface area (Å²) in [5.41, 5.74) is 0. The van der Waals surface area contributed by atoms with Crippen LogP contribution in [0.2, 0.25) is 0 Å². The van der Waals surface area contributed by atoms with Crippen molar-refractivity contribution in [2.45, 2.75) is 6.92 Å². The number of hydrogen-bond acceptors (Lipinski definition) is 0. The summed E-state index contributed by atoms with van der Waals surface area (Å²) in [5.74, 6) is 0. The monoisotopic (exact) mass is 179 g/mol. The maximum Gasteiger partial charge on any atom is 0 e. The molecule has 0 saturated carbocycles. The molecule has 0 aliphatic heterocycles. The Bertz CT molecular complexity index is 14.4. The molecule has 0 aliphatic rings. The van der Waals surface area contributed by atoms with Crippen molar-refractivity contribution in [3.63, 3.8) is 0 Å². The molecule has 5 heavy (non-hydrogen) atoms. The molecule has 0 aliphatic carbocycles. The maximum absolute atomic E-state index is 3.24. The van der Waals surface area contributed by atoms with Gasteiger partial charge in [-0.3, -0.25) is 6.58 Å². The van der Waals surface area contributed by atoms with Crippen LogP contribution in [0.25, 0.3) is 0 Å². The average Bonchev–Trinajstić information content (AvgIpc) is 0.918. The van der Waals surface area contributed by atoms with Gasteiger partial charge >= 0.3 is 0 Å². The molecule has 0 aromatic carbocycles. The summed E-state index contributed by atoms with van der Waals surface area (Å²) in [4.78, 5) is 0. The SMILES string of the molecule is C=[C-]C.[Ti].[Zr]. The molecule has 0 radical (unpaired) electrons. The Hall–Kier alpha value is 1.34. The zero-order valence-electron chi connectivity index (χ0n) is 3.21. The normalized spacial score (nSPS) is 2.60. The van der Waals surface area contributed by atoms with Gasteiger partial charge in [-0.2, -0.15) is 6.92 Å². The Balaban J connectivity index is -0.0000000200. The summed E-state index contributed by atoms with van der Waals surface area (Å²) in [6, 6.07) is 0. The number of allylic oxidation sites excluding steroid dienone is 1. The van der Waals surface area contributed by atoms with Gasteiger partial charge in [0.15, 0.2) is 0 Å². The second-order valence-corrected chi connectivity index (χ2v) is 0.354. The molecule has 0 spiro atoms. The van der Waals surface area contributed by atoms with Gasteiger partial charge in [0.05, 0.1) is 0 Å². The van der Waals surface area contributed by atoms with Crippen molar-refractivity contribution in [1.29, 1.82) is 0 Å². The van der Waals surface area contributed by atoms with Gasteiger partial charge in [-0.05, 0) is 0 Å². The van der Waals surface area contributed by atoms with Crippen LogP contribution in [0.5, 0.6) is 0 Å². The first kappa shape index (κ1) is 16.2. The molecule has 0 nitrogen and oxygen atoms in total. The van der Waals surface area contributed by atoms with Crippen LogP contribution in [0, 0.1) is 6.08 Å². The van der Waals surface area contributed by atoms with E-state index in [1.807, 2.05) is 0 Å². The molecular weight excluding hydrogens is 175 g/mol. The van der Waals surface area contributed by atoms with Crippen LogP contribution in [0.3, 0.4) is 0 Å². The second kappa shape index (κ2) is 18.4. The van der Waals surface area contributed by atoms with Gasteiger partial charge in [0.1, 0.15) is 0 Å². The number of rotatable bonds is 0. The van der Waals surface area contributed by atoms with Gasteiger partial charge in [-0.25, -0.2) is 0 Å². The fraction of sp³-hybridized carbons (Fsp3) is 0.333. The average molecular weight is 180 g/mol. The minimum Gasteiger partial charge on any atom is -0.507 e. The Morgan fingerprint density at radius 2 is 1.60 bits per heavy atom. The third-order valence-electron chi connectivity index (χ3n) is 0. The van der Waals surface area contributed by atoms with Crippen LogP contribution >= 0.6 is 0 Å². The minimum atomic E-state index is 0. The van der Waals surface area contributed by atoms with Crippen molar-refractivity contribution in [3.05, 3.63) is 12.7 Å². The molecule has 0 bridgehead atoms. The van der Waals surface area contributed by atoms with E-state index in [1.165, 1.54) is 0 Å². The van der Waals surface area contributed by atoms with Crippen LogP contribution in [-0.2, 0) is 47.9 Å². The van der Waals surface area contributed by atoms with Gasteiger partial charge in [-0.15, -0.1) is 0 Å². The molecular formula is C3H5TiZr-. The molecule has 2 heteroatoms. The third kappa shape index (κ3) is 33.2. The standard InChI is InChI=1S/C3H5.Ti.Zr/c1-3-2;;/h1H2,2H3;;/q-1;;. The van der Waals surface area contributed by atoms with E-state index >= 15 is 0 Å². The molecule has 0 rings (SSSR count). The van der Waals surface area contributed by atoms with Gasteiger partial charge < -0.3 is 6.08 Å². The first-order valence-electron chi connectivity index (χ1n) is 0.854. The van der Waals surface area contributed by atoms with Crippen molar-refractivity contribution in [2.24, 2.45) is 0 Å². The van der Waals surface area contributed by atoms with Crippen molar-refractivity contribution in [3.8, 4) is 0 Å². The molecule has 0 fully saturated rings. The summed E-state index contributed by atoms with van der Waals surface area (Å²) in [5, 5.41) is 0. The van der Waals surface area contributed by atoms with Crippen LogP contribution in [0.1, 0.15) is 6.92 Å². The zero-order valence-corrected chi connectivity index (χ0v) is 7.23. The van der Waals surface area contributed by atoms with Crippen molar-refractivity contribution < 1.29 is 47.9 Å². The van der Waals surface area contributed by atoms with Gasteiger partial charge in [0, 0.05) is 47.9 Å². The molecule has 0 aromatic heterocycles. The predicted molar refractivity (Wildman–Crippen MR) is 14.5 cm³/mol. The molecule has 0 unspecified atom stereocenters. The minimum absolute atomic E-state index is 0. The van der Waals surface area contributed by atoms with Crippen molar-refractivity contribution in [1.82, 2.24) is 0 Å². The van der Waals surface area contributed by atoms with Crippen LogP contribution in [0.15, 0.2) is 6.58 Å². The van der Waals surface area contributed by atoms with Crippen molar-refractivity contribution >= 4 is 0 Å². The Morgan fingerprint density at radius 1 is 1.60 bits per heavy atom. The topological polar surface area (TPSA) is 0 Å². The van der Waals surface area contributed by atoms with E-state index in [0.29, 0.717) is 0 Å². The molecule has 0 atom stereocenters. The smallest absolute Gasteiger partial charge is 0 e. The summed E-state index contributed by atoms with van der Waals surface area (Å²) < 4.78 is 0. The molecule has 0 aromatic rings. The zero-order chi connectivity index (χ0) is 2.71. The summed E-state index contributed by atoms with van der Waals surface area (Å²) >= 11 is 0. The largest absolute Gasteiger partial charge is 0.507 e. The first-order valence-corrected chi connectivity index (χ1v) is 0.854. The Kier molecular flexibility index (Phi) is 59.6. The second-order valence-electron chi connectivity index (χ2n) is 0.354. The molecule has 0 amide bonds. The molecule has 0 saturated heterocycles. The Morgan fingerprint density at radius 3 is 1.60 bits per heavy atom. The Labute approximate surface area is 67.0 Å². The van der Waals surface area contributed by atoms with Crippen LogP contribution in [-0.4, -0.2) is 0 Å². The molecule has 26 valence electrons. The van der Waals surface area contributed by atoms with E-state index in [9.17, 15) is 0 Å². The summed E-state index contributed by atoms with van der Waals surface area (Å²) in [6.45, 7) is 5.00. The van der Waals surface area contributed by atoms with E-state index in [1.54, 1.807) is 6.92 Å². The third-order valence-corrected chi connectivity index (χ3v) is 0. The van der Waals surface area contributed by atoms with E-state index in [0.717, 1.165) is 0 Å². The molecule has 0 heterocycles. The van der Waals surface area contributed by atoms with E-state index < -0.39 is 0 Å². The summed E-state index contributed by atoms with van der Waals surface area (Å²) in [7, 11) is 0.